The highest BCUT2D eigenvalue weighted by molar-refractivity contribution is 6.17. The molecule has 0 unspecified atom stereocenters. The number of rotatable bonds is 5. The van der Waals surface area contributed by atoms with Crippen molar-refractivity contribution >= 4 is 16.7 Å². The van der Waals surface area contributed by atoms with Crippen molar-refractivity contribution in [1.82, 2.24) is 4.57 Å². The number of hydrogen-bond donors (Lipinski definition) is 0. The molecule has 2 heteroatoms. The summed E-state index contributed by atoms with van der Waals surface area (Å²) in [5.41, 5.74) is 6.86. The van der Waals surface area contributed by atoms with Crippen LogP contribution in [-0.4, -0.2) is 10.4 Å². The van der Waals surface area contributed by atoms with Crippen molar-refractivity contribution in [3.8, 4) is 0 Å². The first-order valence-corrected chi connectivity index (χ1v) is 10.3. The molecule has 1 heterocycles. The summed E-state index contributed by atoms with van der Waals surface area (Å²) in [5, 5.41) is 1.05. The number of carbonyl (C=O) groups excluding carboxylic acids is 1. The molecule has 0 atom stereocenters. The quantitative estimate of drug-likeness (QED) is 0.382. The SMILES string of the molecule is CC/C=C/Cn1c(C)c(C(=O)c2ccc3c(c2)CC(C)(C)C3)c2ccccc21. The summed E-state index contributed by atoms with van der Waals surface area (Å²) in [7, 11) is 0. The van der Waals surface area contributed by atoms with Gasteiger partial charge >= 0.3 is 0 Å². The normalized spacial score (nSPS) is 15.4. The minimum atomic E-state index is 0.138. The number of para-hydroxylation sites is 1. The number of hydrogen-bond acceptors (Lipinski definition) is 1. The summed E-state index contributed by atoms with van der Waals surface area (Å²) in [6.07, 6.45) is 7.53. The van der Waals surface area contributed by atoms with Gasteiger partial charge in [0.25, 0.3) is 0 Å². The third kappa shape index (κ3) is 3.22. The average molecular weight is 372 g/mol. The second-order valence-electron chi connectivity index (χ2n) is 8.80. The Bertz CT molecular complexity index is 1080. The van der Waals surface area contributed by atoms with Gasteiger partial charge < -0.3 is 4.57 Å². The van der Waals surface area contributed by atoms with Crippen LogP contribution in [0.25, 0.3) is 10.9 Å². The molecule has 0 spiro atoms. The minimum Gasteiger partial charge on any atom is -0.340 e. The average Bonchev–Trinajstić information content (AvgIpc) is 3.13. The molecule has 0 fully saturated rings. The zero-order valence-corrected chi connectivity index (χ0v) is 17.4. The molecule has 2 nitrogen and oxygen atoms in total. The van der Waals surface area contributed by atoms with E-state index in [1.54, 1.807) is 0 Å². The molecule has 0 bridgehead atoms. The topological polar surface area (TPSA) is 22.0 Å². The summed E-state index contributed by atoms with van der Waals surface area (Å²) in [6.45, 7) is 9.61. The number of ketones is 1. The summed E-state index contributed by atoms with van der Waals surface area (Å²) >= 11 is 0. The Kier molecular flexibility index (Phi) is 4.74. The Balaban J connectivity index is 1.79. The molecule has 28 heavy (non-hydrogen) atoms. The van der Waals surface area contributed by atoms with Crippen molar-refractivity contribution in [2.75, 3.05) is 0 Å². The molecule has 0 radical (unpaired) electrons. The molecule has 4 rings (SSSR count). The van der Waals surface area contributed by atoms with E-state index in [1.807, 2.05) is 18.2 Å². The first-order valence-electron chi connectivity index (χ1n) is 10.3. The van der Waals surface area contributed by atoms with Gasteiger partial charge in [-0.1, -0.05) is 63.3 Å². The second kappa shape index (κ2) is 7.09. The highest BCUT2D eigenvalue weighted by Gasteiger charge is 2.29. The maximum Gasteiger partial charge on any atom is 0.195 e. The first kappa shape index (κ1) is 18.7. The summed E-state index contributed by atoms with van der Waals surface area (Å²) in [5.74, 6) is 0.138. The van der Waals surface area contributed by atoms with Crippen molar-refractivity contribution in [3.63, 3.8) is 0 Å². The van der Waals surface area contributed by atoms with Gasteiger partial charge in [-0.05, 0) is 54.9 Å². The molecule has 0 N–H and O–H groups in total. The van der Waals surface area contributed by atoms with Gasteiger partial charge in [0.05, 0.1) is 5.56 Å². The maximum absolute atomic E-state index is 13.6. The van der Waals surface area contributed by atoms with Crippen molar-refractivity contribution in [1.29, 1.82) is 0 Å². The van der Waals surface area contributed by atoms with E-state index in [1.165, 1.54) is 11.1 Å². The van der Waals surface area contributed by atoms with Crippen LogP contribution in [0.1, 0.15) is 59.9 Å². The van der Waals surface area contributed by atoms with Gasteiger partial charge in [-0.2, -0.15) is 0 Å². The van der Waals surface area contributed by atoms with Crippen molar-refractivity contribution in [2.45, 2.75) is 53.5 Å². The van der Waals surface area contributed by atoms with Crippen LogP contribution >= 0.6 is 0 Å². The minimum absolute atomic E-state index is 0.138. The molecule has 0 aliphatic heterocycles. The molecule has 0 amide bonds. The number of allylic oxidation sites excluding steroid dienone is 2. The van der Waals surface area contributed by atoms with Crippen LogP contribution in [0.5, 0.6) is 0 Å². The third-order valence-electron chi connectivity index (χ3n) is 5.95. The number of benzene rings is 2. The lowest BCUT2D eigenvalue weighted by molar-refractivity contribution is 0.103. The predicted molar refractivity (Wildman–Crippen MR) is 117 cm³/mol. The van der Waals surface area contributed by atoms with Crippen molar-refractivity contribution in [2.24, 2.45) is 5.41 Å². The van der Waals surface area contributed by atoms with E-state index in [4.69, 9.17) is 0 Å². The molecule has 0 saturated carbocycles. The van der Waals surface area contributed by atoms with Crippen LogP contribution in [0.4, 0.5) is 0 Å². The van der Waals surface area contributed by atoms with E-state index >= 15 is 0 Å². The molecule has 1 aromatic heterocycles. The molecule has 1 aliphatic carbocycles. The second-order valence-corrected chi connectivity index (χ2v) is 8.80. The monoisotopic (exact) mass is 371 g/mol. The standard InChI is InChI=1S/C26H29NO/c1-5-6-9-14-27-18(2)24(22-10-7-8-11-23(22)27)25(28)19-12-13-20-16-26(3,4)17-21(20)15-19/h6-13,15H,5,14,16-17H2,1-4H3/b9-6+. The van der Waals surface area contributed by atoms with Gasteiger partial charge in [0.1, 0.15) is 0 Å². The van der Waals surface area contributed by atoms with Crippen LogP contribution < -0.4 is 0 Å². The lowest BCUT2D eigenvalue weighted by Gasteiger charge is -2.14. The lowest BCUT2D eigenvalue weighted by atomic mass is 9.90. The largest absolute Gasteiger partial charge is 0.340 e. The van der Waals surface area contributed by atoms with Gasteiger partial charge in [-0.3, -0.25) is 4.79 Å². The molecule has 0 saturated heterocycles. The summed E-state index contributed by atoms with van der Waals surface area (Å²) in [6, 6.07) is 14.6. The Hall–Kier alpha value is -2.61. The number of carbonyl (C=O) groups is 1. The Morgan fingerprint density at radius 1 is 1.07 bits per heavy atom. The zero-order chi connectivity index (χ0) is 19.9. The van der Waals surface area contributed by atoms with Crippen LogP contribution in [0.2, 0.25) is 0 Å². The fourth-order valence-corrected chi connectivity index (χ4v) is 4.64. The van der Waals surface area contributed by atoms with E-state index in [9.17, 15) is 4.79 Å². The van der Waals surface area contributed by atoms with Crippen molar-refractivity contribution in [3.05, 3.63) is 82.6 Å². The Morgan fingerprint density at radius 3 is 2.61 bits per heavy atom. The van der Waals surface area contributed by atoms with Crippen LogP contribution in [0, 0.1) is 12.3 Å². The number of aromatic nitrogens is 1. The molecular weight excluding hydrogens is 342 g/mol. The molecule has 1 aliphatic rings. The fraction of sp³-hybridized carbons (Fsp3) is 0.346. The Labute approximate surface area is 167 Å². The maximum atomic E-state index is 13.6. The van der Waals surface area contributed by atoms with Gasteiger partial charge in [0.2, 0.25) is 0 Å². The van der Waals surface area contributed by atoms with Crippen LogP contribution in [0.3, 0.4) is 0 Å². The van der Waals surface area contributed by atoms with E-state index in [0.29, 0.717) is 5.41 Å². The summed E-state index contributed by atoms with van der Waals surface area (Å²) in [4.78, 5) is 13.6. The number of nitrogens with zero attached hydrogens (tertiary/aromatic N) is 1. The lowest BCUT2D eigenvalue weighted by Crippen LogP contribution is -2.09. The highest BCUT2D eigenvalue weighted by atomic mass is 16.1. The van der Waals surface area contributed by atoms with Gasteiger partial charge in [0.15, 0.2) is 5.78 Å². The third-order valence-corrected chi connectivity index (χ3v) is 5.95. The Morgan fingerprint density at radius 2 is 1.82 bits per heavy atom. The zero-order valence-electron chi connectivity index (χ0n) is 17.4. The molecule has 3 aromatic rings. The van der Waals surface area contributed by atoms with E-state index in [2.05, 4.69) is 68.7 Å². The number of fused-ring (bicyclic) bond motifs is 2. The highest BCUT2D eigenvalue weighted by Crippen LogP contribution is 2.37. The van der Waals surface area contributed by atoms with Crippen LogP contribution in [0.15, 0.2) is 54.6 Å². The van der Waals surface area contributed by atoms with Gasteiger partial charge in [0, 0.05) is 28.7 Å². The van der Waals surface area contributed by atoms with E-state index < -0.39 is 0 Å². The van der Waals surface area contributed by atoms with Crippen molar-refractivity contribution < 1.29 is 4.79 Å². The van der Waals surface area contributed by atoms with E-state index in [-0.39, 0.29) is 5.78 Å². The smallest absolute Gasteiger partial charge is 0.195 e. The van der Waals surface area contributed by atoms with Crippen LogP contribution in [-0.2, 0) is 19.4 Å². The fourth-order valence-electron chi connectivity index (χ4n) is 4.64. The molecule has 144 valence electrons. The van der Waals surface area contributed by atoms with Gasteiger partial charge in [-0.25, -0.2) is 0 Å². The summed E-state index contributed by atoms with van der Waals surface area (Å²) < 4.78 is 2.26. The van der Waals surface area contributed by atoms with Gasteiger partial charge in [-0.15, -0.1) is 0 Å². The predicted octanol–water partition coefficient (Wildman–Crippen LogP) is 6.27. The molecule has 2 aromatic carbocycles. The molecular formula is C26H29NO. The first-order chi connectivity index (χ1) is 13.4. The van der Waals surface area contributed by atoms with E-state index in [0.717, 1.165) is 53.5 Å².